The van der Waals surface area contributed by atoms with Crippen LogP contribution < -0.4 is 16.4 Å². The summed E-state index contributed by atoms with van der Waals surface area (Å²) in [6.45, 7) is 3.33. The van der Waals surface area contributed by atoms with Crippen molar-refractivity contribution in [3.63, 3.8) is 0 Å². The zero-order valence-electron chi connectivity index (χ0n) is 11.8. The fraction of sp³-hybridized carbons (Fsp3) is 0.214. The molecule has 0 saturated heterocycles. The first kappa shape index (κ1) is 15.0. The Bertz CT molecular complexity index is 681. The van der Waals surface area contributed by atoms with Crippen LogP contribution in [0, 0.1) is 6.92 Å². The SMILES string of the molecule is CC(=O)Nc1cc(NC(=O)Cc2csc(N)n2)ccc1C. The Morgan fingerprint density at radius 1 is 1.33 bits per heavy atom. The van der Waals surface area contributed by atoms with Crippen LogP contribution in [0.1, 0.15) is 18.2 Å². The van der Waals surface area contributed by atoms with E-state index < -0.39 is 0 Å². The summed E-state index contributed by atoms with van der Waals surface area (Å²) < 4.78 is 0. The molecule has 1 heterocycles. The summed E-state index contributed by atoms with van der Waals surface area (Å²) in [6, 6.07) is 5.35. The van der Waals surface area contributed by atoms with E-state index in [2.05, 4.69) is 15.6 Å². The van der Waals surface area contributed by atoms with Crippen LogP contribution in [0.5, 0.6) is 0 Å². The van der Waals surface area contributed by atoms with Crippen molar-refractivity contribution in [3.8, 4) is 0 Å². The molecule has 1 aromatic heterocycles. The molecule has 1 aromatic carbocycles. The normalized spacial score (nSPS) is 10.2. The van der Waals surface area contributed by atoms with Crippen LogP contribution in [-0.2, 0) is 16.0 Å². The Hall–Kier alpha value is -2.41. The van der Waals surface area contributed by atoms with E-state index in [4.69, 9.17) is 5.73 Å². The largest absolute Gasteiger partial charge is 0.375 e. The van der Waals surface area contributed by atoms with Gasteiger partial charge in [-0.25, -0.2) is 4.98 Å². The summed E-state index contributed by atoms with van der Waals surface area (Å²) in [5.74, 6) is -0.336. The maximum Gasteiger partial charge on any atom is 0.230 e. The Kier molecular flexibility index (Phi) is 4.54. The minimum Gasteiger partial charge on any atom is -0.375 e. The van der Waals surface area contributed by atoms with Crippen molar-refractivity contribution >= 4 is 39.7 Å². The number of aryl methyl sites for hydroxylation is 1. The number of nitrogens with two attached hydrogens (primary N) is 1. The summed E-state index contributed by atoms with van der Waals surface area (Å²) in [5, 5.41) is 7.70. The molecule has 6 nitrogen and oxygen atoms in total. The Balaban J connectivity index is 2.05. The van der Waals surface area contributed by atoms with Crippen LogP contribution in [0.2, 0.25) is 0 Å². The number of aromatic nitrogens is 1. The van der Waals surface area contributed by atoms with Crippen molar-refractivity contribution in [2.45, 2.75) is 20.3 Å². The number of thiazole rings is 1. The zero-order chi connectivity index (χ0) is 15.4. The maximum absolute atomic E-state index is 11.9. The molecule has 0 unspecified atom stereocenters. The van der Waals surface area contributed by atoms with E-state index in [1.54, 1.807) is 17.5 Å². The van der Waals surface area contributed by atoms with Gasteiger partial charge in [-0.2, -0.15) is 0 Å². The number of carbonyl (C=O) groups excluding carboxylic acids is 2. The minimum absolute atomic E-state index is 0.153. The van der Waals surface area contributed by atoms with Gasteiger partial charge in [0.15, 0.2) is 5.13 Å². The monoisotopic (exact) mass is 304 g/mol. The van der Waals surface area contributed by atoms with Crippen molar-refractivity contribution in [1.82, 2.24) is 4.98 Å². The second-order valence-corrected chi connectivity index (χ2v) is 5.50. The summed E-state index contributed by atoms with van der Waals surface area (Å²) in [4.78, 5) is 27.1. The smallest absolute Gasteiger partial charge is 0.230 e. The molecule has 0 spiro atoms. The topological polar surface area (TPSA) is 97.1 Å². The molecule has 7 heteroatoms. The molecular formula is C14H16N4O2S. The number of nitrogen functional groups attached to an aromatic ring is 1. The van der Waals surface area contributed by atoms with Gasteiger partial charge in [-0.3, -0.25) is 9.59 Å². The lowest BCUT2D eigenvalue weighted by Crippen LogP contribution is -2.15. The van der Waals surface area contributed by atoms with Crippen molar-refractivity contribution in [2.75, 3.05) is 16.4 Å². The number of nitrogens with one attached hydrogen (secondary N) is 2. The lowest BCUT2D eigenvalue weighted by molar-refractivity contribution is -0.116. The number of hydrogen-bond acceptors (Lipinski definition) is 5. The van der Waals surface area contributed by atoms with Gasteiger partial charge < -0.3 is 16.4 Å². The Labute approximate surface area is 126 Å². The van der Waals surface area contributed by atoms with Crippen LogP contribution >= 0.6 is 11.3 Å². The third kappa shape index (κ3) is 4.28. The first-order valence-corrected chi connectivity index (χ1v) is 7.20. The molecule has 110 valence electrons. The molecule has 4 N–H and O–H groups in total. The summed E-state index contributed by atoms with van der Waals surface area (Å²) in [5.41, 5.74) is 8.40. The second kappa shape index (κ2) is 6.36. The van der Waals surface area contributed by atoms with E-state index in [1.165, 1.54) is 18.3 Å². The molecule has 0 fully saturated rings. The number of hydrogen-bond donors (Lipinski definition) is 3. The van der Waals surface area contributed by atoms with Gasteiger partial charge in [0.05, 0.1) is 12.1 Å². The summed E-state index contributed by atoms with van der Waals surface area (Å²) in [6.07, 6.45) is 0.164. The quantitative estimate of drug-likeness (QED) is 0.806. The molecule has 2 aromatic rings. The van der Waals surface area contributed by atoms with Crippen LogP contribution in [0.15, 0.2) is 23.6 Å². The number of carbonyl (C=O) groups is 2. The Morgan fingerprint density at radius 3 is 2.71 bits per heavy atom. The standard InChI is InChI=1S/C14H16N4O2S/c1-8-3-4-10(5-12(8)16-9(2)19)17-13(20)6-11-7-21-14(15)18-11/h3-5,7H,6H2,1-2H3,(H2,15,18)(H,16,19)(H,17,20). The fourth-order valence-corrected chi connectivity index (χ4v) is 2.36. The average molecular weight is 304 g/mol. The Morgan fingerprint density at radius 2 is 2.10 bits per heavy atom. The summed E-state index contributed by atoms with van der Waals surface area (Å²) in [7, 11) is 0. The predicted molar refractivity (Wildman–Crippen MR) is 84.3 cm³/mol. The molecule has 0 aliphatic heterocycles. The van der Waals surface area contributed by atoms with Crippen LogP contribution in [0.25, 0.3) is 0 Å². The van der Waals surface area contributed by atoms with Gasteiger partial charge in [0.2, 0.25) is 11.8 Å². The van der Waals surface area contributed by atoms with Gasteiger partial charge in [-0.1, -0.05) is 6.07 Å². The molecule has 0 atom stereocenters. The lowest BCUT2D eigenvalue weighted by Gasteiger charge is -2.10. The molecule has 0 aliphatic rings. The predicted octanol–water partition coefficient (Wildman–Crippen LogP) is 2.17. The minimum atomic E-state index is -0.182. The molecule has 21 heavy (non-hydrogen) atoms. The molecule has 2 amide bonds. The van der Waals surface area contributed by atoms with Crippen molar-refractivity contribution in [3.05, 3.63) is 34.8 Å². The molecular weight excluding hydrogens is 288 g/mol. The fourth-order valence-electron chi connectivity index (χ4n) is 1.80. The van der Waals surface area contributed by atoms with Gasteiger partial charge >= 0.3 is 0 Å². The molecule has 0 aliphatic carbocycles. The van der Waals surface area contributed by atoms with Crippen molar-refractivity contribution in [2.24, 2.45) is 0 Å². The van der Waals surface area contributed by atoms with E-state index in [0.717, 1.165) is 5.56 Å². The van der Waals surface area contributed by atoms with E-state index in [1.807, 2.05) is 13.0 Å². The second-order valence-electron chi connectivity index (χ2n) is 4.61. The molecule has 0 saturated carbocycles. The third-order valence-electron chi connectivity index (χ3n) is 2.74. The van der Waals surface area contributed by atoms with E-state index in [-0.39, 0.29) is 18.2 Å². The number of benzene rings is 1. The third-order valence-corrected chi connectivity index (χ3v) is 3.47. The highest BCUT2D eigenvalue weighted by atomic mass is 32.1. The van der Waals surface area contributed by atoms with Crippen molar-refractivity contribution in [1.29, 1.82) is 0 Å². The van der Waals surface area contributed by atoms with Gasteiger partial charge in [-0.05, 0) is 24.6 Å². The average Bonchev–Trinajstić information content (AvgIpc) is 2.78. The lowest BCUT2D eigenvalue weighted by atomic mass is 10.1. The van der Waals surface area contributed by atoms with E-state index in [9.17, 15) is 9.59 Å². The highest BCUT2D eigenvalue weighted by molar-refractivity contribution is 7.13. The van der Waals surface area contributed by atoms with Crippen molar-refractivity contribution < 1.29 is 9.59 Å². The number of rotatable bonds is 4. The molecule has 2 rings (SSSR count). The molecule has 0 bridgehead atoms. The van der Waals surface area contributed by atoms with Crippen LogP contribution in [-0.4, -0.2) is 16.8 Å². The van der Waals surface area contributed by atoms with Gasteiger partial charge in [-0.15, -0.1) is 11.3 Å². The van der Waals surface area contributed by atoms with Gasteiger partial charge in [0.1, 0.15) is 0 Å². The van der Waals surface area contributed by atoms with Crippen LogP contribution in [0.4, 0.5) is 16.5 Å². The van der Waals surface area contributed by atoms with Gasteiger partial charge in [0.25, 0.3) is 0 Å². The first-order valence-electron chi connectivity index (χ1n) is 6.32. The highest BCUT2D eigenvalue weighted by Crippen LogP contribution is 2.20. The van der Waals surface area contributed by atoms with E-state index in [0.29, 0.717) is 22.2 Å². The number of amides is 2. The highest BCUT2D eigenvalue weighted by Gasteiger charge is 2.08. The number of anilines is 3. The van der Waals surface area contributed by atoms with Crippen LogP contribution in [0.3, 0.4) is 0 Å². The molecule has 0 radical (unpaired) electrons. The van der Waals surface area contributed by atoms with E-state index >= 15 is 0 Å². The maximum atomic E-state index is 11.9. The number of nitrogens with zero attached hydrogens (tertiary/aromatic N) is 1. The first-order chi connectivity index (χ1) is 9.94. The zero-order valence-corrected chi connectivity index (χ0v) is 12.6. The van der Waals surface area contributed by atoms with Gasteiger partial charge in [0, 0.05) is 23.7 Å². The summed E-state index contributed by atoms with van der Waals surface area (Å²) >= 11 is 1.30.